The topological polar surface area (TPSA) is 93.6 Å². The van der Waals surface area contributed by atoms with Gasteiger partial charge in [-0.3, -0.25) is 0 Å². The van der Waals surface area contributed by atoms with Gasteiger partial charge in [-0.15, -0.1) is 0 Å². The van der Waals surface area contributed by atoms with Gasteiger partial charge in [-0.1, -0.05) is 0 Å². The highest BCUT2D eigenvalue weighted by Gasteiger charge is 2.27. The largest absolute Gasteiger partial charge is 0.493 e. The van der Waals surface area contributed by atoms with E-state index < -0.39 is 0 Å². The van der Waals surface area contributed by atoms with Gasteiger partial charge in [-0.25, -0.2) is 4.98 Å². The molecule has 0 spiro atoms. The predicted molar refractivity (Wildman–Crippen MR) is 98.5 cm³/mol. The Hall–Kier alpha value is -2.98. The number of nitrogens with two attached hydrogens (primary N) is 1. The first kappa shape index (κ1) is 17.8. The molecule has 7 heteroatoms. The normalized spacial score (nSPS) is 13.7. The maximum Gasteiger partial charge on any atom is 0.203 e. The summed E-state index contributed by atoms with van der Waals surface area (Å²) in [5.74, 6) is 1.77. The van der Waals surface area contributed by atoms with Crippen LogP contribution >= 0.6 is 0 Å². The van der Waals surface area contributed by atoms with Crippen LogP contribution in [0.2, 0.25) is 0 Å². The first-order chi connectivity index (χ1) is 12.5. The number of nitrogen functional groups attached to an aromatic ring is 1. The van der Waals surface area contributed by atoms with Gasteiger partial charge in [0.05, 0.1) is 21.3 Å². The maximum absolute atomic E-state index is 9.74. The van der Waals surface area contributed by atoms with Crippen molar-refractivity contribution in [2.24, 2.45) is 0 Å². The number of hydrogen-bond donors (Lipinski definition) is 1. The number of pyridine rings is 1. The van der Waals surface area contributed by atoms with Gasteiger partial charge in [0.2, 0.25) is 5.75 Å². The number of aromatic nitrogens is 1. The van der Waals surface area contributed by atoms with Crippen LogP contribution < -0.4 is 19.9 Å². The van der Waals surface area contributed by atoms with E-state index in [9.17, 15) is 5.26 Å². The highest BCUT2D eigenvalue weighted by atomic mass is 16.5. The highest BCUT2D eigenvalue weighted by molar-refractivity contribution is 5.85. The number of benzene rings is 1. The Labute approximate surface area is 152 Å². The van der Waals surface area contributed by atoms with E-state index in [1.807, 2.05) is 13.1 Å². The third kappa shape index (κ3) is 2.78. The molecule has 0 fully saturated rings. The van der Waals surface area contributed by atoms with Crippen molar-refractivity contribution in [3.63, 3.8) is 0 Å². The van der Waals surface area contributed by atoms with E-state index >= 15 is 0 Å². The molecule has 2 N–H and O–H groups in total. The maximum atomic E-state index is 9.74. The summed E-state index contributed by atoms with van der Waals surface area (Å²) in [7, 11) is 6.73. The number of rotatable bonds is 4. The lowest BCUT2D eigenvalue weighted by atomic mass is 9.90. The molecule has 26 heavy (non-hydrogen) atoms. The van der Waals surface area contributed by atoms with E-state index in [0.717, 1.165) is 35.3 Å². The van der Waals surface area contributed by atoms with Crippen LogP contribution in [0.4, 0.5) is 5.82 Å². The predicted octanol–water partition coefficient (Wildman–Crippen LogP) is 2.22. The molecule has 7 nitrogen and oxygen atoms in total. The molecule has 136 valence electrons. The Morgan fingerprint density at radius 1 is 1.15 bits per heavy atom. The summed E-state index contributed by atoms with van der Waals surface area (Å²) >= 11 is 0. The Morgan fingerprint density at radius 3 is 2.50 bits per heavy atom. The van der Waals surface area contributed by atoms with Crippen LogP contribution in [0.5, 0.6) is 17.2 Å². The quantitative estimate of drug-likeness (QED) is 0.899. The van der Waals surface area contributed by atoms with E-state index in [0.29, 0.717) is 29.4 Å². The summed E-state index contributed by atoms with van der Waals surface area (Å²) in [6.07, 6.45) is 0.782. The number of ether oxygens (including phenoxy) is 3. The molecule has 3 rings (SSSR count). The monoisotopic (exact) mass is 354 g/mol. The van der Waals surface area contributed by atoms with Crippen molar-refractivity contribution in [1.82, 2.24) is 9.88 Å². The second-order valence-electron chi connectivity index (χ2n) is 6.15. The van der Waals surface area contributed by atoms with Crippen LogP contribution in [-0.4, -0.2) is 44.8 Å². The zero-order valence-corrected chi connectivity index (χ0v) is 15.4. The van der Waals surface area contributed by atoms with Gasteiger partial charge < -0.3 is 24.8 Å². The van der Waals surface area contributed by atoms with Gasteiger partial charge >= 0.3 is 0 Å². The molecule has 1 aliphatic heterocycles. The van der Waals surface area contributed by atoms with Crippen molar-refractivity contribution in [2.75, 3.05) is 40.7 Å². The number of methoxy groups -OCH3 is 3. The molecular weight excluding hydrogens is 332 g/mol. The van der Waals surface area contributed by atoms with E-state index in [1.165, 1.54) is 0 Å². The van der Waals surface area contributed by atoms with Gasteiger partial charge in [-0.2, -0.15) is 5.26 Å². The fourth-order valence-corrected chi connectivity index (χ4v) is 3.42. The summed E-state index contributed by atoms with van der Waals surface area (Å²) in [6.45, 7) is 1.58. The van der Waals surface area contributed by atoms with Crippen LogP contribution in [-0.2, 0) is 13.0 Å². The minimum atomic E-state index is 0.239. The summed E-state index contributed by atoms with van der Waals surface area (Å²) < 4.78 is 16.5. The van der Waals surface area contributed by atoms with Gasteiger partial charge in [0.15, 0.2) is 11.5 Å². The summed E-state index contributed by atoms with van der Waals surface area (Å²) in [4.78, 5) is 6.66. The van der Waals surface area contributed by atoms with Crippen molar-refractivity contribution >= 4 is 5.82 Å². The van der Waals surface area contributed by atoms with Crippen molar-refractivity contribution < 1.29 is 14.2 Å². The first-order valence-electron chi connectivity index (χ1n) is 8.24. The van der Waals surface area contributed by atoms with Gasteiger partial charge in [0, 0.05) is 36.3 Å². The smallest absolute Gasteiger partial charge is 0.203 e. The van der Waals surface area contributed by atoms with E-state index in [-0.39, 0.29) is 5.82 Å². The zero-order valence-electron chi connectivity index (χ0n) is 15.4. The van der Waals surface area contributed by atoms with Gasteiger partial charge in [-0.05, 0) is 24.7 Å². The molecule has 0 bridgehead atoms. The van der Waals surface area contributed by atoms with Crippen molar-refractivity contribution in [2.45, 2.75) is 13.0 Å². The molecule has 1 aliphatic rings. The molecule has 0 aliphatic carbocycles. The molecule has 0 radical (unpaired) electrons. The first-order valence-corrected chi connectivity index (χ1v) is 8.24. The lowest BCUT2D eigenvalue weighted by Gasteiger charge is -2.28. The van der Waals surface area contributed by atoms with Gasteiger partial charge in [0.25, 0.3) is 0 Å². The second-order valence-corrected chi connectivity index (χ2v) is 6.15. The Morgan fingerprint density at radius 2 is 1.88 bits per heavy atom. The highest BCUT2D eigenvalue weighted by Crippen LogP contribution is 2.47. The molecule has 0 atom stereocenters. The third-order valence-electron chi connectivity index (χ3n) is 4.66. The molecule has 0 amide bonds. The fourth-order valence-electron chi connectivity index (χ4n) is 3.42. The molecule has 1 aromatic carbocycles. The van der Waals surface area contributed by atoms with Crippen molar-refractivity contribution in [3.05, 3.63) is 29.0 Å². The van der Waals surface area contributed by atoms with Crippen LogP contribution in [0, 0.1) is 11.3 Å². The second kappa shape index (κ2) is 7.10. The zero-order chi connectivity index (χ0) is 18.8. The standard InChI is InChI=1S/C19H22N4O3/c1-23-8-7-14-13(10-23)16(12(9-20)19(21)22-14)11-5-6-15(24-2)18(26-4)17(11)25-3/h5-6H,7-8,10H2,1-4H3,(H2,21,22). The van der Waals surface area contributed by atoms with Crippen molar-refractivity contribution in [1.29, 1.82) is 5.26 Å². The third-order valence-corrected chi connectivity index (χ3v) is 4.66. The number of anilines is 1. The molecular formula is C19H22N4O3. The van der Waals surface area contributed by atoms with Crippen LogP contribution in [0.15, 0.2) is 12.1 Å². The summed E-state index contributed by atoms with van der Waals surface area (Å²) in [6, 6.07) is 5.88. The Balaban J connectivity index is 2.37. The minimum Gasteiger partial charge on any atom is -0.493 e. The van der Waals surface area contributed by atoms with Crippen LogP contribution in [0.3, 0.4) is 0 Å². The molecule has 2 aromatic rings. The number of fused-ring (bicyclic) bond motifs is 1. The number of nitrogens with zero attached hydrogens (tertiary/aromatic N) is 3. The van der Waals surface area contributed by atoms with Crippen LogP contribution in [0.1, 0.15) is 16.8 Å². The van der Waals surface area contributed by atoms with Gasteiger partial charge in [0.1, 0.15) is 17.5 Å². The molecule has 0 saturated carbocycles. The van der Waals surface area contributed by atoms with E-state index in [1.54, 1.807) is 27.4 Å². The lowest BCUT2D eigenvalue weighted by molar-refractivity contribution is 0.310. The Kier molecular flexibility index (Phi) is 4.87. The number of hydrogen-bond acceptors (Lipinski definition) is 7. The van der Waals surface area contributed by atoms with Crippen molar-refractivity contribution in [3.8, 4) is 34.4 Å². The summed E-state index contributed by atoms with van der Waals surface area (Å²) in [5.41, 5.74) is 9.86. The molecule has 0 saturated heterocycles. The molecule has 0 unspecified atom stereocenters. The fraction of sp³-hybridized carbons (Fsp3) is 0.368. The summed E-state index contributed by atoms with van der Waals surface area (Å²) in [5, 5.41) is 9.74. The number of nitriles is 1. The number of likely N-dealkylation sites (N-methyl/N-ethyl adjacent to an activating group) is 1. The average Bonchev–Trinajstić information content (AvgIpc) is 2.65. The van der Waals surface area contributed by atoms with E-state index in [4.69, 9.17) is 19.9 Å². The average molecular weight is 354 g/mol. The lowest BCUT2D eigenvalue weighted by Crippen LogP contribution is -2.28. The SMILES string of the molecule is COc1ccc(-c2c(C#N)c(N)nc3c2CN(C)CC3)c(OC)c1OC. The minimum absolute atomic E-state index is 0.239. The molecule has 2 heterocycles. The van der Waals surface area contributed by atoms with Crippen LogP contribution in [0.25, 0.3) is 11.1 Å². The van der Waals surface area contributed by atoms with E-state index in [2.05, 4.69) is 16.0 Å². The molecule has 1 aromatic heterocycles. The Bertz CT molecular complexity index is 890.